The van der Waals surface area contributed by atoms with Crippen molar-refractivity contribution in [1.82, 2.24) is 15.0 Å². The predicted octanol–water partition coefficient (Wildman–Crippen LogP) is 2.70. The average molecular weight is 244 g/mol. The van der Waals surface area contributed by atoms with Crippen LogP contribution in [0, 0.1) is 5.92 Å². The van der Waals surface area contributed by atoms with Crippen LogP contribution in [0.25, 0.3) is 0 Å². The highest BCUT2D eigenvalue weighted by molar-refractivity contribution is 6.16. The van der Waals surface area contributed by atoms with Crippen molar-refractivity contribution in [3.05, 3.63) is 11.4 Å². The van der Waals surface area contributed by atoms with Crippen LogP contribution in [0.15, 0.2) is 0 Å². The smallest absolute Gasteiger partial charge is 0.103 e. The molecule has 5 heteroatoms. The Morgan fingerprint density at radius 3 is 2.69 bits per heavy atom. The molecule has 0 bridgehead atoms. The third-order valence-corrected chi connectivity index (χ3v) is 3.61. The molecule has 0 saturated heterocycles. The van der Waals surface area contributed by atoms with E-state index in [1.165, 1.54) is 12.8 Å². The van der Waals surface area contributed by atoms with Crippen molar-refractivity contribution >= 4 is 11.6 Å². The van der Waals surface area contributed by atoms with Crippen molar-refractivity contribution < 1.29 is 4.74 Å². The molecule has 0 aromatic carbocycles. The summed E-state index contributed by atoms with van der Waals surface area (Å²) < 4.78 is 7.36. The monoisotopic (exact) mass is 243 g/mol. The second-order valence-electron chi connectivity index (χ2n) is 4.46. The standard InChI is InChI=1S/C11H18ClN3O/c1-7(9-4-5-9)15-11(8(2)16-3)10(6-12)13-14-15/h7-9H,4-6H2,1-3H3. The van der Waals surface area contributed by atoms with E-state index in [0.717, 1.165) is 17.3 Å². The molecule has 1 aromatic rings. The van der Waals surface area contributed by atoms with Crippen LogP contribution in [0.4, 0.5) is 0 Å². The molecule has 1 aliphatic rings. The highest BCUT2D eigenvalue weighted by Gasteiger charge is 2.32. The lowest BCUT2D eigenvalue weighted by molar-refractivity contribution is 0.108. The highest BCUT2D eigenvalue weighted by atomic mass is 35.5. The Labute approximate surface area is 101 Å². The van der Waals surface area contributed by atoms with E-state index in [1.807, 2.05) is 11.6 Å². The van der Waals surface area contributed by atoms with Crippen LogP contribution in [0.3, 0.4) is 0 Å². The normalized spacial score (nSPS) is 19.8. The van der Waals surface area contributed by atoms with Gasteiger partial charge >= 0.3 is 0 Å². The molecule has 2 atom stereocenters. The maximum absolute atomic E-state index is 5.87. The lowest BCUT2D eigenvalue weighted by Gasteiger charge is -2.17. The minimum atomic E-state index is -0.00931. The molecule has 90 valence electrons. The van der Waals surface area contributed by atoms with Crippen molar-refractivity contribution in [1.29, 1.82) is 0 Å². The summed E-state index contributed by atoms with van der Waals surface area (Å²) in [6.07, 6.45) is 2.57. The molecule has 2 unspecified atom stereocenters. The van der Waals surface area contributed by atoms with Crippen LogP contribution in [0.2, 0.25) is 0 Å². The van der Waals surface area contributed by atoms with Crippen molar-refractivity contribution in [2.75, 3.05) is 7.11 Å². The van der Waals surface area contributed by atoms with Gasteiger partial charge in [-0.2, -0.15) is 0 Å². The molecule has 0 spiro atoms. The fourth-order valence-corrected chi connectivity index (χ4v) is 2.23. The van der Waals surface area contributed by atoms with E-state index in [-0.39, 0.29) is 6.10 Å². The van der Waals surface area contributed by atoms with Crippen molar-refractivity contribution in [3.8, 4) is 0 Å². The zero-order valence-corrected chi connectivity index (χ0v) is 10.7. The van der Waals surface area contributed by atoms with Gasteiger partial charge in [-0.05, 0) is 32.6 Å². The van der Waals surface area contributed by atoms with Gasteiger partial charge in [-0.15, -0.1) is 16.7 Å². The predicted molar refractivity (Wildman–Crippen MR) is 62.4 cm³/mol. The fraction of sp³-hybridized carbons (Fsp3) is 0.818. The summed E-state index contributed by atoms with van der Waals surface area (Å²) in [5, 5.41) is 8.36. The Kier molecular flexibility index (Phi) is 3.50. The molecule has 0 N–H and O–H groups in total. The number of nitrogens with zero attached hydrogens (tertiary/aromatic N) is 3. The van der Waals surface area contributed by atoms with Gasteiger partial charge in [-0.3, -0.25) is 0 Å². The topological polar surface area (TPSA) is 39.9 Å². The second kappa shape index (κ2) is 4.72. The van der Waals surface area contributed by atoms with Crippen LogP contribution >= 0.6 is 11.6 Å². The molecule has 0 amide bonds. The van der Waals surface area contributed by atoms with E-state index < -0.39 is 0 Å². The first-order valence-corrected chi connectivity index (χ1v) is 6.25. The van der Waals surface area contributed by atoms with Crippen LogP contribution in [0.5, 0.6) is 0 Å². The molecule has 4 nitrogen and oxygen atoms in total. The summed E-state index contributed by atoms with van der Waals surface area (Å²) in [6.45, 7) is 4.20. The van der Waals surface area contributed by atoms with E-state index >= 15 is 0 Å². The maximum atomic E-state index is 5.87. The summed E-state index contributed by atoms with van der Waals surface area (Å²) in [4.78, 5) is 0. The molecule has 1 saturated carbocycles. The van der Waals surface area contributed by atoms with Crippen LogP contribution in [-0.4, -0.2) is 22.1 Å². The Morgan fingerprint density at radius 1 is 1.50 bits per heavy atom. The van der Waals surface area contributed by atoms with E-state index in [9.17, 15) is 0 Å². The number of hydrogen-bond acceptors (Lipinski definition) is 3. The molecule has 1 heterocycles. The Balaban J connectivity index is 2.32. The van der Waals surface area contributed by atoms with Gasteiger partial charge in [0, 0.05) is 7.11 Å². The van der Waals surface area contributed by atoms with E-state index in [1.54, 1.807) is 7.11 Å². The molecule has 0 radical (unpaired) electrons. The van der Waals surface area contributed by atoms with Crippen molar-refractivity contribution in [3.63, 3.8) is 0 Å². The molecular formula is C11H18ClN3O. The molecule has 1 aromatic heterocycles. The number of aromatic nitrogens is 3. The molecule has 2 rings (SSSR count). The van der Waals surface area contributed by atoms with Crippen molar-refractivity contribution in [2.24, 2.45) is 5.92 Å². The third kappa shape index (κ3) is 2.09. The molecular weight excluding hydrogens is 226 g/mol. The third-order valence-electron chi connectivity index (χ3n) is 3.36. The summed E-state index contributed by atoms with van der Waals surface area (Å²) in [7, 11) is 1.70. The van der Waals surface area contributed by atoms with Gasteiger partial charge in [0.1, 0.15) is 5.69 Å². The quantitative estimate of drug-likeness (QED) is 0.747. The Hall–Kier alpha value is -0.610. The molecule has 16 heavy (non-hydrogen) atoms. The number of rotatable bonds is 5. The summed E-state index contributed by atoms with van der Waals surface area (Å²) in [5.74, 6) is 1.13. The zero-order valence-electron chi connectivity index (χ0n) is 9.98. The van der Waals surface area contributed by atoms with Gasteiger partial charge in [0.2, 0.25) is 0 Å². The number of ether oxygens (including phenoxy) is 1. The number of halogens is 1. The zero-order chi connectivity index (χ0) is 11.7. The first kappa shape index (κ1) is 11.9. The molecule has 1 aliphatic carbocycles. The number of methoxy groups -OCH3 is 1. The second-order valence-corrected chi connectivity index (χ2v) is 4.72. The summed E-state index contributed by atoms with van der Waals surface area (Å²) in [6, 6.07) is 0.400. The molecule has 1 fully saturated rings. The number of alkyl halides is 1. The largest absolute Gasteiger partial charge is 0.375 e. The van der Waals surface area contributed by atoms with Gasteiger partial charge in [0.05, 0.1) is 23.7 Å². The highest BCUT2D eigenvalue weighted by Crippen LogP contribution is 2.40. The molecule has 0 aliphatic heterocycles. The Bertz CT molecular complexity index is 362. The van der Waals surface area contributed by atoms with Crippen molar-refractivity contribution in [2.45, 2.75) is 44.7 Å². The van der Waals surface area contributed by atoms with E-state index in [0.29, 0.717) is 11.9 Å². The van der Waals surface area contributed by atoms with Crippen LogP contribution in [-0.2, 0) is 10.6 Å². The fourth-order valence-electron chi connectivity index (χ4n) is 2.04. The minimum absolute atomic E-state index is 0.00931. The lowest BCUT2D eigenvalue weighted by atomic mass is 10.1. The van der Waals surface area contributed by atoms with E-state index in [2.05, 4.69) is 17.2 Å². The first-order chi connectivity index (χ1) is 7.69. The van der Waals surface area contributed by atoms with Crippen LogP contribution in [0.1, 0.15) is 50.2 Å². The SMILES string of the molecule is COC(C)c1c(CCl)nnn1C(C)C1CC1. The summed E-state index contributed by atoms with van der Waals surface area (Å²) in [5.41, 5.74) is 1.86. The Morgan fingerprint density at radius 2 is 2.19 bits per heavy atom. The average Bonchev–Trinajstić information content (AvgIpc) is 3.06. The van der Waals surface area contributed by atoms with Gasteiger partial charge in [-0.25, -0.2) is 4.68 Å². The lowest BCUT2D eigenvalue weighted by Crippen LogP contribution is -2.15. The summed E-state index contributed by atoms with van der Waals surface area (Å²) >= 11 is 5.87. The minimum Gasteiger partial charge on any atom is -0.375 e. The van der Waals surface area contributed by atoms with E-state index in [4.69, 9.17) is 16.3 Å². The first-order valence-electron chi connectivity index (χ1n) is 5.71. The van der Waals surface area contributed by atoms with Gasteiger partial charge in [-0.1, -0.05) is 5.21 Å². The van der Waals surface area contributed by atoms with Gasteiger partial charge < -0.3 is 4.74 Å². The van der Waals surface area contributed by atoms with Gasteiger partial charge in [0.15, 0.2) is 0 Å². The van der Waals surface area contributed by atoms with Gasteiger partial charge in [0.25, 0.3) is 0 Å². The number of hydrogen-bond donors (Lipinski definition) is 0. The van der Waals surface area contributed by atoms with Crippen LogP contribution < -0.4 is 0 Å². The maximum Gasteiger partial charge on any atom is 0.103 e.